The third-order valence-corrected chi connectivity index (χ3v) is 7.82. The minimum atomic E-state index is -0.822. The molecule has 0 radical (unpaired) electrons. The van der Waals surface area contributed by atoms with E-state index in [2.05, 4.69) is 6.58 Å². The normalized spacial score (nSPS) is 18.6. The van der Waals surface area contributed by atoms with Crippen LogP contribution in [0.25, 0.3) is 5.57 Å². The van der Waals surface area contributed by atoms with Crippen molar-refractivity contribution in [1.29, 1.82) is 0 Å². The van der Waals surface area contributed by atoms with E-state index >= 15 is 0 Å². The van der Waals surface area contributed by atoms with Crippen molar-refractivity contribution in [3.05, 3.63) is 126 Å². The van der Waals surface area contributed by atoms with Crippen molar-refractivity contribution in [2.45, 2.75) is 31.2 Å². The summed E-state index contributed by atoms with van der Waals surface area (Å²) in [5.74, 6) is 0.0913. The summed E-state index contributed by atoms with van der Waals surface area (Å²) in [6, 6.07) is 18.7. The zero-order chi connectivity index (χ0) is 26.5. The maximum Gasteiger partial charge on any atom is 0.243 e. The van der Waals surface area contributed by atoms with Crippen LogP contribution in [0.3, 0.4) is 0 Å². The van der Waals surface area contributed by atoms with Gasteiger partial charge in [-0.15, -0.1) is 11.8 Å². The number of aliphatic hydroxyl groups is 1. The number of aliphatic hydroxyl groups excluding tert-OH is 1. The average Bonchev–Trinajstić information content (AvgIpc) is 2.90. The predicted molar refractivity (Wildman–Crippen MR) is 150 cm³/mol. The first-order valence-corrected chi connectivity index (χ1v) is 13.1. The van der Waals surface area contributed by atoms with E-state index in [1.54, 1.807) is 29.2 Å². The molecule has 6 heteroatoms. The summed E-state index contributed by atoms with van der Waals surface area (Å²) in [7, 11) is 0. The Morgan fingerprint density at radius 3 is 2.46 bits per heavy atom. The molecule has 0 aromatic heterocycles. The predicted octanol–water partition coefficient (Wildman–Crippen LogP) is 6.91. The molecule has 1 amide bonds. The number of nitrogens with zero attached hydrogens (tertiary/aromatic N) is 1. The summed E-state index contributed by atoms with van der Waals surface area (Å²) in [6.07, 6.45) is 6.79. The molecule has 37 heavy (non-hydrogen) atoms. The highest BCUT2D eigenvalue weighted by Crippen LogP contribution is 2.46. The number of hydrogen-bond donors (Lipinski definition) is 2. The number of benzene rings is 3. The van der Waals surface area contributed by atoms with Gasteiger partial charge in [0, 0.05) is 11.4 Å². The van der Waals surface area contributed by atoms with Crippen LogP contribution in [0.5, 0.6) is 5.75 Å². The van der Waals surface area contributed by atoms with Crippen LogP contribution in [-0.2, 0) is 4.79 Å². The van der Waals surface area contributed by atoms with Gasteiger partial charge in [0.1, 0.15) is 16.8 Å². The van der Waals surface area contributed by atoms with Gasteiger partial charge in [0.2, 0.25) is 5.91 Å². The number of phenols is 1. The molecular formula is C31H30FNO3S. The van der Waals surface area contributed by atoms with Crippen molar-refractivity contribution in [2.75, 3.05) is 10.7 Å². The van der Waals surface area contributed by atoms with Gasteiger partial charge < -0.3 is 15.1 Å². The van der Waals surface area contributed by atoms with E-state index < -0.39 is 11.4 Å². The summed E-state index contributed by atoms with van der Waals surface area (Å²) >= 11 is 1.39. The van der Waals surface area contributed by atoms with Gasteiger partial charge in [-0.1, -0.05) is 67.3 Å². The third-order valence-electron chi connectivity index (χ3n) is 6.50. The van der Waals surface area contributed by atoms with E-state index in [1.807, 2.05) is 68.5 Å². The number of rotatable bonds is 9. The van der Waals surface area contributed by atoms with E-state index in [9.17, 15) is 19.4 Å². The minimum Gasteiger partial charge on any atom is -0.508 e. The molecule has 3 atom stereocenters. The molecule has 1 aliphatic rings. The van der Waals surface area contributed by atoms with Gasteiger partial charge in [0.05, 0.1) is 12.1 Å². The standard InChI is InChI=1S/C31H30FNO3S/c1-4-6-7-21(5-2)22-10-15-26(16-11-22)33-29(24-12-17-27(34)20(3)18-24)30(31(33)36)37-19-28(35)23-8-13-25(32)14-9-23/h4-18,28-30,34-35H,1,19H2,2-3H3/b7-6-,21-5+/t28?,29?,30-/m1/s1. The number of hydrogen-bond acceptors (Lipinski definition) is 4. The Morgan fingerprint density at radius 1 is 1.14 bits per heavy atom. The number of amides is 1. The number of halogens is 1. The largest absolute Gasteiger partial charge is 0.508 e. The smallest absolute Gasteiger partial charge is 0.243 e. The Kier molecular flexibility index (Phi) is 8.31. The number of carbonyl (C=O) groups is 1. The molecule has 1 aliphatic heterocycles. The highest BCUT2D eigenvalue weighted by atomic mass is 32.2. The van der Waals surface area contributed by atoms with Crippen LogP contribution >= 0.6 is 11.8 Å². The Hall–Kier alpha value is -3.61. The number of aryl methyl sites for hydroxylation is 1. The van der Waals surface area contributed by atoms with Gasteiger partial charge in [0.15, 0.2) is 0 Å². The monoisotopic (exact) mass is 515 g/mol. The quantitative estimate of drug-likeness (QED) is 0.240. The molecule has 2 unspecified atom stereocenters. The highest BCUT2D eigenvalue weighted by Gasteiger charge is 2.49. The molecule has 0 bridgehead atoms. The summed E-state index contributed by atoms with van der Waals surface area (Å²) in [4.78, 5) is 15.2. The topological polar surface area (TPSA) is 60.8 Å². The van der Waals surface area contributed by atoms with Crippen molar-refractivity contribution >= 4 is 28.9 Å². The first kappa shape index (κ1) is 26.5. The average molecular weight is 516 g/mol. The molecule has 0 aliphatic carbocycles. The Morgan fingerprint density at radius 2 is 1.84 bits per heavy atom. The van der Waals surface area contributed by atoms with Gasteiger partial charge in [-0.25, -0.2) is 4.39 Å². The fourth-order valence-corrected chi connectivity index (χ4v) is 5.72. The molecule has 3 aromatic rings. The molecule has 0 saturated carbocycles. The number of thioether (sulfide) groups is 1. The summed E-state index contributed by atoms with van der Waals surface area (Å²) < 4.78 is 13.3. The lowest BCUT2D eigenvalue weighted by atomic mass is 9.91. The summed E-state index contributed by atoms with van der Waals surface area (Å²) in [6.45, 7) is 7.52. The van der Waals surface area contributed by atoms with Crippen molar-refractivity contribution in [3.8, 4) is 5.75 Å². The zero-order valence-corrected chi connectivity index (χ0v) is 21.7. The number of carbonyl (C=O) groups excluding carboxylic acids is 1. The fourth-order valence-electron chi connectivity index (χ4n) is 4.42. The highest BCUT2D eigenvalue weighted by molar-refractivity contribution is 8.00. The first-order chi connectivity index (χ1) is 17.8. The molecule has 3 aromatic carbocycles. The second-order valence-electron chi connectivity index (χ2n) is 8.91. The number of anilines is 1. The molecule has 2 N–H and O–H groups in total. The van der Waals surface area contributed by atoms with Crippen molar-refractivity contribution in [2.24, 2.45) is 0 Å². The van der Waals surface area contributed by atoms with Crippen LogP contribution in [0.4, 0.5) is 10.1 Å². The third kappa shape index (κ3) is 5.71. The molecule has 4 rings (SSSR count). The second kappa shape index (κ2) is 11.6. The van der Waals surface area contributed by atoms with Crippen molar-refractivity contribution in [3.63, 3.8) is 0 Å². The minimum absolute atomic E-state index is 0.0439. The van der Waals surface area contributed by atoms with Gasteiger partial charge in [-0.2, -0.15) is 0 Å². The number of allylic oxidation sites excluding steroid dienone is 5. The summed E-state index contributed by atoms with van der Waals surface area (Å²) in [5.41, 5.74) is 5.11. The van der Waals surface area contributed by atoms with Crippen molar-refractivity contribution in [1.82, 2.24) is 0 Å². The van der Waals surface area contributed by atoms with E-state index in [4.69, 9.17) is 0 Å². The molecule has 4 nitrogen and oxygen atoms in total. The van der Waals surface area contributed by atoms with Crippen LogP contribution in [0, 0.1) is 12.7 Å². The Labute approximate surface area is 221 Å². The van der Waals surface area contributed by atoms with Crippen LogP contribution in [0.2, 0.25) is 0 Å². The lowest BCUT2D eigenvalue weighted by Gasteiger charge is -2.47. The number of phenolic OH excluding ortho intramolecular Hbond substituents is 1. The molecule has 190 valence electrons. The van der Waals surface area contributed by atoms with Crippen LogP contribution in [-0.4, -0.2) is 27.1 Å². The molecule has 1 fully saturated rings. The lowest BCUT2D eigenvalue weighted by Crippen LogP contribution is -2.57. The first-order valence-electron chi connectivity index (χ1n) is 12.1. The van der Waals surface area contributed by atoms with Crippen LogP contribution in [0.15, 0.2) is 97.6 Å². The van der Waals surface area contributed by atoms with E-state index in [-0.39, 0.29) is 23.5 Å². The molecule has 0 spiro atoms. The van der Waals surface area contributed by atoms with Crippen molar-refractivity contribution < 1.29 is 19.4 Å². The maximum absolute atomic E-state index is 13.4. The zero-order valence-electron chi connectivity index (χ0n) is 20.8. The van der Waals surface area contributed by atoms with E-state index in [0.717, 1.165) is 28.0 Å². The Balaban J connectivity index is 1.59. The van der Waals surface area contributed by atoms with E-state index in [0.29, 0.717) is 11.3 Å². The van der Waals surface area contributed by atoms with Crippen LogP contribution in [0.1, 0.15) is 41.3 Å². The van der Waals surface area contributed by atoms with Gasteiger partial charge in [0.25, 0.3) is 0 Å². The number of aromatic hydroxyl groups is 1. The molecular weight excluding hydrogens is 485 g/mol. The Bertz CT molecular complexity index is 1330. The van der Waals surface area contributed by atoms with Gasteiger partial charge in [-0.05, 0) is 72.0 Å². The maximum atomic E-state index is 13.4. The SMILES string of the molecule is C=C/C=C\C(=C/C)c1ccc(N2C(=O)[C@H](SCC(O)c3ccc(F)cc3)C2c2ccc(O)c(C)c2)cc1. The molecule has 1 saturated heterocycles. The van der Waals surface area contributed by atoms with E-state index in [1.165, 1.54) is 23.9 Å². The fraction of sp³-hybridized carbons (Fsp3) is 0.194. The second-order valence-corrected chi connectivity index (χ2v) is 10.1. The molecule has 1 heterocycles. The number of β-lactam (4-membered cyclic amide) rings is 1. The van der Waals surface area contributed by atoms with Gasteiger partial charge in [-0.3, -0.25) is 4.79 Å². The van der Waals surface area contributed by atoms with Crippen LogP contribution < -0.4 is 4.90 Å². The van der Waals surface area contributed by atoms with Gasteiger partial charge >= 0.3 is 0 Å². The lowest BCUT2D eigenvalue weighted by molar-refractivity contribution is -0.123. The summed E-state index contributed by atoms with van der Waals surface area (Å²) in [5, 5.41) is 20.3.